The monoisotopic (exact) mass is 818 g/mol. The molecule has 0 radical (unpaired) electrons. The van der Waals surface area contributed by atoms with Crippen LogP contribution in [0.4, 0.5) is 16.3 Å². The van der Waals surface area contributed by atoms with Crippen molar-refractivity contribution in [2.45, 2.75) is 90.9 Å². The number of hydrogen-bond acceptors (Lipinski definition) is 10. The van der Waals surface area contributed by atoms with Crippen LogP contribution < -0.4 is 14.5 Å². The molecular weight excluding hydrogens is 771 g/mol. The number of carbonyl (C=O) groups excluding carboxylic acids is 2. The molecule has 0 saturated heterocycles. The maximum atomic E-state index is 14.2. The van der Waals surface area contributed by atoms with Gasteiger partial charge in [0.1, 0.15) is 17.2 Å². The van der Waals surface area contributed by atoms with E-state index in [1.54, 1.807) is 103 Å². The molecule has 4 aromatic rings. The lowest BCUT2D eigenvalue weighted by Crippen LogP contribution is -2.52. The number of hydrogen-bond donors (Lipinski definition) is 2. The molecule has 2 aromatic heterocycles. The Labute approximate surface area is 331 Å². The summed E-state index contributed by atoms with van der Waals surface area (Å²) < 4.78 is 42.0. The normalized spacial score (nSPS) is 13.0. The van der Waals surface area contributed by atoms with Crippen molar-refractivity contribution in [3.05, 3.63) is 70.8 Å². The van der Waals surface area contributed by atoms with Crippen LogP contribution in [0.3, 0.4) is 0 Å². The number of anilines is 2. The highest BCUT2D eigenvalue weighted by molar-refractivity contribution is 7.93. The van der Waals surface area contributed by atoms with Crippen molar-refractivity contribution in [3.63, 3.8) is 0 Å². The first-order chi connectivity index (χ1) is 25.4. The number of carboxylic acid groups (broad SMARTS) is 1. The summed E-state index contributed by atoms with van der Waals surface area (Å²) in [6.45, 7) is 16.2. The molecule has 4 rings (SSSR count). The van der Waals surface area contributed by atoms with Crippen LogP contribution in [-0.2, 0) is 29.1 Å². The Morgan fingerprint density at radius 2 is 1.51 bits per heavy atom. The second kappa shape index (κ2) is 16.7. The van der Waals surface area contributed by atoms with Crippen molar-refractivity contribution < 1.29 is 37.4 Å². The molecule has 0 saturated carbocycles. The molecule has 14 nitrogen and oxygen atoms in total. The fourth-order valence-electron chi connectivity index (χ4n) is 5.64. The van der Waals surface area contributed by atoms with E-state index in [1.165, 1.54) is 29.2 Å². The van der Waals surface area contributed by atoms with Crippen LogP contribution >= 0.6 is 23.2 Å². The van der Waals surface area contributed by atoms with E-state index < -0.39 is 44.7 Å². The van der Waals surface area contributed by atoms with Crippen LogP contribution in [0, 0.1) is 5.41 Å². The largest absolute Gasteiger partial charge is 0.480 e. The summed E-state index contributed by atoms with van der Waals surface area (Å²) in [5.41, 5.74) is -1.67. The van der Waals surface area contributed by atoms with Gasteiger partial charge in [0.05, 0.1) is 22.6 Å². The average molecular weight is 820 g/mol. The second-order valence-corrected chi connectivity index (χ2v) is 18.6. The Bertz CT molecular complexity index is 2120. The van der Waals surface area contributed by atoms with E-state index in [2.05, 4.69) is 15.5 Å². The maximum absolute atomic E-state index is 14.2. The highest BCUT2D eigenvalue weighted by Crippen LogP contribution is 2.37. The Kier molecular flexibility index (Phi) is 13.2. The van der Waals surface area contributed by atoms with Crippen LogP contribution in [0.5, 0.6) is 0 Å². The van der Waals surface area contributed by atoms with Gasteiger partial charge in [0.15, 0.2) is 11.6 Å². The summed E-state index contributed by atoms with van der Waals surface area (Å²) in [4.78, 5) is 39.1. The van der Waals surface area contributed by atoms with E-state index >= 15 is 0 Å². The lowest BCUT2D eigenvalue weighted by Gasteiger charge is -2.37. The maximum Gasteiger partial charge on any atom is 0.416 e. The summed E-state index contributed by atoms with van der Waals surface area (Å²) in [5, 5.41) is 22.9. The van der Waals surface area contributed by atoms with Crippen molar-refractivity contribution in [3.8, 4) is 5.82 Å². The zero-order valence-electron chi connectivity index (χ0n) is 32.4. The Balaban J connectivity index is 1.65. The van der Waals surface area contributed by atoms with E-state index in [0.29, 0.717) is 29.7 Å². The topological polar surface area (TPSA) is 173 Å². The average Bonchev–Trinajstić information content (AvgIpc) is 3.45. The molecule has 1 amide bonds. The number of aromatic nitrogens is 3. The molecule has 0 aliphatic heterocycles. The third kappa shape index (κ3) is 11.3. The highest BCUT2D eigenvalue weighted by Gasteiger charge is 2.44. The zero-order valence-corrected chi connectivity index (χ0v) is 34.7. The molecule has 1 unspecified atom stereocenters. The smallest absolute Gasteiger partial charge is 0.416 e. The fourth-order valence-corrected chi connectivity index (χ4v) is 8.15. The summed E-state index contributed by atoms with van der Waals surface area (Å²) in [5.74, 6) is -1.08. The van der Waals surface area contributed by atoms with Gasteiger partial charge in [0, 0.05) is 28.2 Å². The molecule has 0 aliphatic carbocycles. The number of nitrogens with zero attached hydrogens (tertiary/aromatic N) is 5. The van der Waals surface area contributed by atoms with Gasteiger partial charge < -0.3 is 19.9 Å². The van der Waals surface area contributed by atoms with Crippen molar-refractivity contribution in [2.24, 2.45) is 5.41 Å². The quantitative estimate of drug-likeness (QED) is 0.101. The number of ether oxygens (including phenoxy) is 2. The van der Waals surface area contributed by atoms with Crippen LogP contribution in [0.2, 0.25) is 10.0 Å². The second-order valence-electron chi connectivity index (χ2n) is 15.9. The van der Waals surface area contributed by atoms with Gasteiger partial charge in [0.25, 0.3) is 10.0 Å². The molecule has 55 heavy (non-hydrogen) atoms. The molecular formula is C38H48Cl2N6O8S. The number of rotatable bonds is 13. The number of amides is 1. The van der Waals surface area contributed by atoms with Crippen LogP contribution in [0.25, 0.3) is 16.7 Å². The SMILES string of the molecule is CC(C)(C)OC(=O)CNCCCN(C(=O)OC(C)(C)C)c1ccc(-n2ccc3cc(N(C(C(=O)O)C(C)(C)C)S(=O)(=O)c4cc(Cl)cc(Cl)c4)ccc32)nn1. The Hall–Kier alpha value is -4.44. The van der Waals surface area contributed by atoms with Gasteiger partial charge in [-0.1, -0.05) is 44.0 Å². The molecule has 2 aromatic carbocycles. The first-order valence-electron chi connectivity index (χ1n) is 17.5. The Morgan fingerprint density at radius 3 is 2.05 bits per heavy atom. The number of sulfonamides is 1. The van der Waals surface area contributed by atoms with Gasteiger partial charge in [-0.05, 0) is 115 Å². The third-order valence-corrected chi connectivity index (χ3v) is 10.0. The minimum atomic E-state index is -4.51. The lowest BCUT2D eigenvalue weighted by atomic mass is 9.86. The van der Waals surface area contributed by atoms with Gasteiger partial charge in [-0.15, -0.1) is 10.2 Å². The Morgan fingerprint density at radius 1 is 0.873 bits per heavy atom. The lowest BCUT2D eigenvalue weighted by molar-refractivity contribution is -0.153. The van der Waals surface area contributed by atoms with E-state index in [4.69, 9.17) is 32.7 Å². The number of carboxylic acids is 1. The molecule has 0 aliphatic rings. The number of esters is 1. The number of nitrogens with one attached hydrogen (secondary N) is 1. The molecule has 1 atom stereocenters. The van der Waals surface area contributed by atoms with Crippen LogP contribution in [0.1, 0.15) is 68.7 Å². The number of fused-ring (bicyclic) bond motifs is 1. The van der Waals surface area contributed by atoms with Gasteiger partial charge in [-0.3, -0.25) is 18.6 Å². The minimum absolute atomic E-state index is 0.0197. The fraction of sp³-hybridized carbons (Fsp3) is 0.447. The molecule has 298 valence electrons. The molecule has 0 bridgehead atoms. The summed E-state index contributed by atoms with van der Waals surface area (Å²) in [7, 11) is -4.51. The first kappa shape index (κ1) is 43.3. The van der Waals surface area contributed by atoms with E-state index in [1.807, 2.05) is 0 Å². The van der Waals surface area contributed by atoms with E-state index in [0.717, 1.165) is 4.31 Å². The van der Waals surface area contributed by atoms with Crippen molar-refractivity contribution in [1.29, 1.82) is 0 Å². The van der Waals surface area contributed by atoms with E-state index in [-0.39, 0.29) is 45.5 Å². The zero-order chi connectivity index (χ0) is 41.1. The van der Waals surface area contributed by atoms with Crippen LogP contribution in [-0.4, -0.2) is 83.2 Å². The third-order valence-electron chi connectivity index (χ3n) is 7.81. The van der Waals surface area contributed by atoms with Gasteiger partial charge in [-0.2, -0.15) is 0 Å². The van der Waals surface area contributed by atoms with Crippen molar-refractivity contribution >= 4 is 73.7 Å². The van der Waals surface area contributed by atoms with Crippen molar-refractivity contribution in [1.82, 2.24) is 20.1 Å². The van der Waals surface area contributed by atoms with Crippen molar-refractivity contribution in [2.75, 3.05) is 28.8 Å². The predicted molar refractivity (Wildman–Crippen MR) is 213 cm³/mol. The highest BCUT2D eigenvalue weighted by atomic mass is 35.5. The van der Waals surface area contributed by atoms with Gasteiger partial charge in [0.2, 0.25) is 0 Å². The number of benzene rings is 2. The first-order valence-corrected chi connectivity index (χ1v) is 19.7. The summed E-state index contributed by atoms with van der Waals surface area (Å²) in [6, 6.07) is 12.1. The van der Waals surface area contributed by atoms with Gasteiger partial charge in [-0.25, -0.2) is 18.0 Å². The number of aliphatic carboxylic acids is 1. The standard InChI is InChI=1S/C38H48Cl2N6O8S/c1-36(2,3)33(34(48)49)46(55(51,52)28-21-25(39)20-26(40)22-28)27-11-12-29-24(19-27)15-18-44(29)30-13-14-31(43-42-30)45(35(50)54-38(7,8)9)17-10-16-41-23-32(47)53-37(4,5)6/h11-15,18-22,33,41H,10,16-17,23H2,1-9H3,(H,48,49). The molecule has 0 spiro atoms. The molecule has 2 heterocycles. The number of halogens is 2. The predicted octanol–water partition coefficient (Wildman–Crippen LogP) is 7.48. The molecule has 2 N–H and O–H groups in total. The van der Waals surface area contributed by atoms with E-state index in [9.17, 15) is 27.9 Å². The summed E-state index contributed by atoms with van der Waals surface area (Å²) >= 11 is 12.3. The summed E-state index contributed by atoms with van der Waals surface area (Å²) in [6.07, 6.45) is 1.56. The minimum Gasteiger partial charge on any atom is -0.480 e. The molecule has 0 fully saturated rings. The van der Waals surface area contributed by atoms with Crippen LogP contribution in [0.15, 0.2) is 65.7 Å². The molecule has 17 heteroatoms. The number of carbonyl (C=O) groups is 3. The van der Waals surface area contributed by atoms with Gasteiger partial charge >= 0.3 is 18.0 Å².